The smallest absolute Gasteiger partial charge is 0.158 e. The molecule has 3 rings (SSSR count). The molecule has 5 heteroatoms. The fourth-order valence-electron chi connectivity index (χ4n) is 1.87. The SMILES string of the molecule is Oc1cc(O)c2sc3cc(O)c(O)cc3c2c1. The highest BCUT2D eigenvalue weighted by Crippen LogP contribution is 2.44. The zero-order valence-corrected chi connectivity index (χ0v) is 9.32. The zero-order chi connectivity index (χ0) is 12.2. The monoisotopic (exact) mass is 248 g/mol. The van der Waals surface area contributed by atoms with Gasteiger partial charge in [0.15, 0.2) is 11.5 Å². The highest BCUT2D eigenvalue weighted by Gasteiger charge is 2.12. The number of phenolic OH excluding ortho intramolecular Hbond substituents is 4. The van der Waals surface area contributed by atoms with Gasteiger partial charge in [-0.2, -0.15) is 0 Å². The number of aromatic hydroxyl groups is 4. The van der Waals surface area contributed by atoms with Gasteiger partial charge in [-0.1, -0.05) is 0 Å². The van der Waals surface area contributed by atoms with E-state index in [1.165, 1.54) is 35.6 Å². The molecule has 0 fully saturated rings. The molecule has 0 saturated heterocycles. The maximum Gasteiger partial charge on any atom is 0.158 e. The minimum absolute atomic E-state index is 0.0137. The molecule has 0 aliphatic carbocycles. The summed E-state index contributed by atoms with van der Waals surface area (Å²) in [6, 6.07) is 5.63. The lowest BCUT2D eigenvalue weighted by Crippen LogP contribution is -1.71. The Kier molecular flexibility index (Phi) is 1.88. The van der Waals surface area contributed by atoms with Crippen LogP contribution in [0, 0.1) is 0 Å². The molecule has 2 aromatic carbocycles. The molecule has 0 unspecified atom stereocenters. The zero-order valence-electron chi connectivity index (χ0n) is 8.51. The van der Waals surface area contributed by atoms with Crippen molar-refractivity contribution in [3.8, 4) is 23.0 Å². The standard InChI is InChI=1S/C12H8O4S/c13-5-1-7-6-3-8(14)9(15)4-11(6)17-12(7)10(16)2-5/h1-4,13-16H. The van der Waals surface area contributed by atoms with E-state index in [0.29, 0.717) is 15.5 Å². The molecule has 86 valence electrons. The van der Waals surface area contributed by atoms with Crippen LogP contribution in [-0.4, -0.2) is 20.4 Å². The highest BCUT2D eigenvalue weighted by molar-refractivity contribution is 7.26. The van der Waals surface area contributed by atoms with E-state index in [1.807, 2.05) is 0 Å². The van der Waals surface area contributed by atoms with Gasteiger partial charge in [0.1, 0.15) is 11.5 Å². The molecule has 0 saturated carbocycles. The van der Waals surface area contributed by atoms with E-state index >= 15 is 0 Å². The Balaban J connectivity index is 2.55. The lowest BCUT2D eigenvalue weighted by atomic mass is 10.1. The van der Waals surface area contributed by atoms with Gasteiger partial charge < -0.3 is 20.4 Å². The molecule has 0 aliphatic rings. The van der Waals surface area contributed by atoms with Crippen molar-refractivity contribution >= 4 is 31.5 Å². The summed E-state index contributed by atoms with van der Waals surface area (Å²) in [6.07, 6.45) is 0. The predicted molar refractivity (Wildman–Crippen MR) is 66.0 cm³/mol. The number of phenols is 4. The summed E-state index contributed by atoms with van der Waals surface area (Å²) in [5, 5.41) is 39.4. The molecular weight excluding hydrogens is 240 g/mol. The number of hydrogen-bond acceptors (Lipinski definition) is 5. The maximum atomic E-state index is 9.72. The van der Waals surface area contributed by atoms with E-state index in [-0.39, 0.29) is 23.0 Å². The second-order valence-corrected chi connectivity index (χ2v) is 4.83. The first-order chi connectivity index (χ1) is 8.06. The van der Waals surface area contributed by atoms with Crippen molar-refractivity contribution < 1.29 is 20.4 Å². The van der Waals surface area contributed by atoms with Gasteiger partial charge in [0.2, 0.25) is 0 Å². The summed E-state index contributed by atoms with van der Waals surface area (Å²) in [5.41, 5.74) is 0. The second-order valence-electron chi connectivity index (χ2n) is 3.78. The fourth-order valence-corrected chi connectivity index (χ4v) is 2.98. The summed E-state index contributed by atoms with van der Waals surface area (Å²) in [6.45, 7) is 0. The van der Waals surface area contributed by atoms with E-state index in [9.17, 15) is 20.4 Å². The minimum Gasteiger partial charge on any atom is -0.508 e. The predicted octanol–water partition coefficient (Wildman–Crippen LogP) is 2.88. The molecule has 17 heavy (non-hydrogen) atoms. The third-order valence-corrected chi connectivity index (χ3v) is 3.82. The summed E-state index contributed by atoms with van der Waals surface area (Å²) < 4.78 is 1.35. The summed E-state index contributed by atoms with van der Waals surface area (Å²) in [7, 11) is 0. The van der Waals surface area contributed by atoms with Crippen LogP contribution in [0.15, 0.2) is 24.3 Å². The van der Waals surface area contributed by atoms with Gasteiger partial charge in [-0.3, -0.25) is 0 Å². The minimum atomic E-state index is -0.222. The quantitative estimate of drug-likeness (QED) is 0.461. The molecule has 0 radical (unpaired) electrons. The normalized spacial score (nSPS) is 11.3. The van der Waals surface area contributed by atoms with Gasteiger partial charge in [0, 0.05) is 27.6 Å². The Bertz CT molecular complexity index is 745. The van der Waals surface area contributed by atoms with Crippen LogP contribution < -0.4 is 0 Å². The average molecular weight is 248 g/mol. The summed E-state index contributed by atoms with van der Waals surface area (Å²) >= 11 is 1.29. The van der Waals surface area contributed by atoms with E-state index in [4.69, 9.17) is 0 Å². The number of benzene rings is 2. The summed E-state index contributed by atoms with van der Waals surface area (Å²) in [5.74, 6) is -0.477. The largest absolute Gasteiger partial charge is 0.508 e. The molecule has 0 bridgehead atoms. The van der Waals surface area contributed by atoms with Crippen molar-refractivity contribution in [2.24, 2.45) is 0 Å². The highest BCUT2D eigenvalue weighted by atomic mass is 32.1. The van der Waals surface area contributed by atoms with Crippen LogP contribution in [0.3, 0.4) is 0 Å². The first kappa shape index (κ1) is 10.0. The Morgan fingerprint density at radius 3 is 2.18 bits per heavy atom. The number of rotatable bonds is 0. The lowest BCUT2D eigenvalue weighted by Gasteiger charge is -1.98. The van der Waals surface area contributed by atoms with Crippen LogP contribution in [0.4, 0.5) is 0 Å². The van der Waals surface area contributed by atoms with Crippen molar-refractivity contribution in [1.29, 1.82) is 0 Å². The molecule has 1 heterocycles. The molecule has 0 atom stereocenters. The van der Waals surface area contributed by atoms with Gasteiger partial charge in [0.05, 0.1) is 4.70 Å². The van der Waals surface area contributed by atoms with Crippen molar-refractivity contribution in [1.82, 2.24) is 0 Å². The third kappa shape index (κ3) is 1.36. The molecule has 0 amide bonds. The first-order valence-corrected chi connectivity index (χ1v) is 5.68. The number of fused-ring (bicyclic) bond motifs is 3. The first-order valence-electron chi connectivity index (χ1n) is 4.86. The molecule has 1 aromatic heterocycles. The number of hydrogen-bond donors (Lipinski definition) is 4. The van der Waals surface area contributed by atoms with Crippen LogP contribution in [0.1, 0.15) is 0 Å². The topological polar surface area (TPSA) is 80.9 Å². The van der Waals surface area contributed by atoms with Crippen molar-refractivity contribution in [2.45, 2.75) is 0 Å². The summed E-state index contributed by atoms with van der Waals surface area (Å²) in [4.78, 5) is 0. The Morgan fingerprint density at radius 2 is 1.41 bits per heavy atom. The van der Waals surface area contributed by atoms with Crippen LogP contribution in [-0.2, 0) is 0 Å². The van der Waals surface area contributed by atoms with E-state index in [1.54, 1.807) is 0 Å². The van der Waals surface area contributed by atoms with Gasteiger partial charge in [-0.25, -0.2) is 0 Å². The number of thiophene rings is 1. The second kappa shape index (κ2) is 3.18. The van der Waals surface area contributed by atoms with Gasteiger partial charge in [-0.05, 0) is 12.1 Å². The van der Waals surface area contributed by atoms with E-state index < -0.39 is 0 Å². The fraction of sp³-hybridized carbons (Fsp3) is 0. The van der Waals surface area contributed by atoms with Crippen LogP contribution in [0.5, 0.6) is 23.0 Å². The average Bonchev–Trinajstić information content (AvgIpc) is 2.58. The van der Waals surface area contributed by atoms with Crippen molar-refractivity contribution in [3.63, 3.8) is 0 Å². The Morgan fingerprint density at radius 1 is 0.706 bits per heavy atom. The van der Waals surface area contributed by atoms with E-state index in [0.717, 1.165) is 4.70 Å². The maximum absolute atomic E-state index is 9.72. The van der Waals surface area contributed by atoms with E-state index in [2.05, 4.69) is 0 Å². The molecule has 0 spiro atoms. The van der Waals surface area contributed by atoms with Crippen molar-refractivity contribution in [3.05, 3.63) is 24.3 Å². The van der Waals surface area contributed by atoms with Crippen LogP contribution in [0.25, 0.3) is 20.2 Å². The van der Waals surface area contributed by atoms with Gasteiger partial charge >= 0.3 is 0 Å². The Hall–Kier alpha value is -2.14. The molecule has 4 N–H and O–H groups in total. The van der Waals surface area contributed by atoms with Crippen LogP contribution >= 0.6 is 11.3 Å². The molecule has 3 aromatic rings. The molecule has 4 nitrogen and oxygen atoms in total. The van der Waals surface area contributed by atoms with Crippen LogP contribution in [0.2, 0.25) is 0 Å². The molecule has 0 aliphatic heterocycles. The molecular formula is C12H8O4S. The third-order valence-electron chi connectivity index (χ3n) is 2.63. The lowest BCUT2D eigenvalue weighted by molar-refractivity contribution is 0.405. The van der Waals surface area contributed by atoms with Crippen molar-refractivity contribution in [2.75, 3.05) is 0 Å². The van der Waals surface area contributed by atoms with Gasteiger partial charge in [-0.15, -0.1) is 11.3 Å². The van der Waals surface area contributed by atoms with Gasteiger partial charge in [0.25, 0.3) is 0 Å². The Labute approximate surface area is 99.6 Å².